The van der Waals surface area contributed by atoms with E-state index in [1.165, 1.54) is 6.07 Å². The molecular weight excluding hydrogens is 257 g/mol. The first-order valence-corrected chi connectivity index (χ1v) is 5.76. The lowest BCUT2D eigenvalue weighted by Gasteiger charge is -2.07. The molecule has 0 aliphatic rings. The molecule has 0 aliphatic heterocycles. The van der Waals surface area contributed by atoms with Gasteiger partial charge >= 0.3 is 0 Å². The zero-order valence-corrected chi connectivity index (χ0v) is 10.4. The number of aromatic nitrogens is 2. The van der Waals surface area contributed by atoms with E-state index >= 15 is 0 Å². The molecule has 96 valence electrons. The van der Waals surface area contributed by atoms with Crippen molar-refractivity contribution >= 4 is 29.2 Å². The van der Waals surface area contributed by atoms with Crippen LogP contribution in [0.25, 0.3) is 11.0 Å². The number of H-pyrrole nitrogens is 2. The van der Waals surface area contributed by atoms with Gasteiger partial charge in [-0.3, -0.25) is 4.79 Å². The van der Waals surface area contributed by atoms with E-state index in [1.807, 2.05) is 0 Å². The smallest absolute Gasteiger partial charge is 0.253 e. The Morgan fingerprint density at radius 1 is 1.56 bits per heavy atom. The zero-order chi connectivity index (χ0) is 13.3. The predicted octanol–water partition coefficient (Wildman–Crippen LogP) is 1.48. The van der Waals surface area contributed by atoms with Crippen molar-refractivity contribution in [2.45, 2.75) is 13.0 Å². The Hall–Kier alpha value is -1.73. The third kappa shape index (κ3) is 2.57. The van der Waals surface area contributed by atoms with Crippen molar-refractivity contribution in [2.75, 3.05) is 6.54 Å². The molecule has 0 spiro atoms. The van der Waals surface area contributed by atoms with Gasteiger partial charge in [0.05, 0.1) is 22.7 Å². The molecule has 0 aliphatic carbocycles. The molecular formula is C11H12FN3O2S. The molecule has 1 aromatic carbocycles. The van der Waals surface area contributed by atoms with Gasteiger partial charge < -0.3 is 20.4 Å². The van der Waals surface area contributed by atoms with E-state index in [4.69, 9.17) is 17.3 Å². The van der Waals surface area contributed by atoms with Crippen LogP contribution in [0.1, 0.15) is 17.3 Å². The molecule has 4 N–H and O–H groups in total. The summed E-state index contributed by atoms with van der Waals surface area (Å²) in [5, 5.41) is 11.6. The van der Waals surface area contributed by atoms with Crippen molar-refractivity contribution in [1.29, 1.82) is 0 Å². The van der Waals surface area contributed by atoms with Crippen LogP contribution in [0.3, 0.4) is 0 Å². The van der Waals surface area contributed by atoms with Gasteiger partial charge in [-0.2, -0.15) is 0 Å². The summed E-state index contributed by atoms with van der Waals surface area (Å²) in [6.07, 6.45) is -0.664. The Kier molecular flexibility index (Phi) is 3.44. The number of halogens is 1. The van der Waals surface area contributed by atoms with Gasteiger partial charge in [-0.15, -0.1) is 0 Å². The van der Waals surface area contributed by atoms with Crippen molar-refractivity contribution in [2.24, 2.45) is 0 Å². The van der Waals surface area contributed by atoms with Crippen LogP contribution in [-0.2, 0) is 0 Å². The Morgan fingerprint density at radius 2 is 2.28 bits per heavy atom. The third-order valence-corrected chi connectivity index (χ3v) is 2.60. The SMILES string of the molecule is CC(O)CNC(=O)c1cc(F)cc2[nH]c(=S)[nH]c12. The van der Waals surface area contributed by atoms with Gasteiger partial charge in [0, 0.05) is 6.54 Å². The molecule has 0 fully saturated rings. The minimum absolute atomic E-state index is 0.0992. The van der Waals surface area contributed by atoms with E-state index in [-0.39, 0.29) is 12.1 Å². The fourth-order valence-electron chi connectivity index (χ4n) is 1.62. The molecule has 0 saturated carbocycles. The van der Waals surface area contributed by atoms with Crippen LogP contribution in [0, 0.1) is 10.6 Å². The molecule has 0 saturated heterocycles. The topological polar surface area (TPSA) is 80.9 Å². The fourth-order valence-corrected chi connectivity index (χ4v) is 1.83. The number of imidazole rings is 1. The summed E-state index contributed by atoms with van der Waals surface area (Å²) in [7, 11) is 0. The molecule has 1 unspecified atom stereocenters. The number of aliphatic hydroxyl groups is 1. The highest BCUT2D eigenvalue weighted by Gasteiger charge is 2.14. The van der Waals surface area contributed by atoms with Gasteiger partial charge in [-0.05, 0) is 31.3 Å². The maximum atomic E-state index is 13.4. The van der Waals surface area contributed by atoms with Crippen molar-refractivity contribution < 1.29 is 14.3 Å². The number of hydrogen-bond donors (Lipinski definition) is 4. The molecule has 18 heavy (non-hydrogen) atoms. The Balaban J connectivity index is 2.42. The quantitative estimate of drug-likeness (QED) is 0.637. The van der Waals surface area contributed by atoms with Crippen LogP contribution in [-0.4, -0.2) is 33.6 Å². The number of amides is 1. The molecule has 0 bridgehead atoms. The molecule has 0 radical (unpaired) electrons. The maximum absolute atomic E-state index is 13.4. The highest BCUT2D eigenvalue weighted by molar-refractivity contribution is 7.71. The minimum Gasteiger partial charge on any atom is -0.392 e. The molecule has 1 atom stereocenters. The summed E-state index contributed by atoms with van der Waals surface area (Å²) in [6, 6.07) is 2.38. The number of rotatable bonds is 3. The predicted molar refractivity (Wildman–Crippen MR) is 67.5 cm³/mol. The zero-order valence-electron chi connectivity index (χ0n) is 9.58. The molecule has 1 amide bonds. The molecule has 1 heterocycles. The summed E-state index contributed by atoms with van der Waals surface area (Å²) in [4.78, 5) is 17.4. The summed E-state index contributed by atoms with van der Waals surface area (Å²) in [6.45, 7) is 1.65. The minimum atomic E-state index is -0.664. The number of fused-ring (bicyclic) bond motifs is 1. The average molecular weight is 269 g/mol. The standard InChI is InChI=1S/C11H12FN3O2S/c1-5(16)4-13-10(17)7-2-6(12)3-8-9(7)15-11(18)14-8/h2-3,5,16H,4H2,1H3,(H,13,17)(H2,14,15,18). The van der Waals surface area contributed by atoms with Crippen molar-refractivity contribution in [3.63, 3.8) is 0 Å². The van der Waals surface area contributed by atoms with E-state index in [2.05, 4.69) is 15.3 Å². The highest BCUT2D eigenvalue weighted by atomic mass is 32.1. The Labute approximate surface area is 107 Å². The second kappa shape index (κ2) is 4.87. The van der Waals surface area contributed by atoms with E-state index < -0.39 is 17.8 Å². The Bertz CT molecular complexity index is 647. The van der Waals surface area contributed by atoms with E-state index in [1.54, 1.807) is 6.92 Å². The van der Waals surface area contributed by atoms with Crippen molar-refractivity contribution in [3.8, 4) is 0 Å². The second-order valence-electron chi connectivity index (χ2n) is 4.01. The molecule has 7 heteroatoms. The molecule has 5 nitrogen and oxygen atoms in total. The second-order valence-corrected chi connectivity index (χ2v) is 4.42. The number of nitrogens with one attached hydrogen (secondary N) is 3. The van der Waals surface area contributed by atoms with Crippen molar-refractivity contribution in [3.05, 3.63) is 28.3 Å². The number of hydrogen-bond acceptors (Lipinski definition) is 3. The largest absolute Gasteiger partial charge is 0.392 e. The first kappa shape index (κ1) is 12.7. The van der Waals surface area contributed by atoms with Gasteiger partial charge in [-0.1, -0.05) is 0 Å². The summed E-state index contributed by atoms with van der Waals surface area (Å²) < 4.78 is 13.7. The van der Waals surface area contributed by atoms with Crippen LogP contribution in [0.2, 0.25) is 0 Å². The van der Waals surface area contributed by atoms with E-state index in [0.717, 1.165) is 6.07 Å². The number of carbonyl (C=O) groups excluding carboxylic acids is 1. The van der Waals surface area contributed by atoms with Crippen LogP contribution in [0.15, 0.2) is 12.1 Å². The van der Waals surface area contributed by atoms with E-state index in [9.17, 15) is 9.18 Å². The first-order valence-electron chi connectivity index (χ1n) is 5.35. The van der Waals surface area contributed by atoms with Crippen LogP contribution in [0.4, 0.5) is 4.39 Å². The normalized spacial score (nSPS) is 12.6. The van der Waals surface area contributed by atoms with Gasteiger partial charge in [0.1, 0.15) is 5.82 Å². The Morgan fingerprint density at radius 3 is 2.94 bits per heavy atom. The van der Waals surface area contributed by atoms with Crippen molar-refractivity contribution in [1.82, 2.24) is 15.3 Å². The maximum Gasteiger partial charge on any atom is 0.253 e. The first-order chi connectivity index (χ1) is 8.47. The lowest BCUT2D eigenvalue weighted by molar-refractivity contribution is 0.0925. The molecule has 2 aromatic rings. The lowest BCUT2D eigenvalue weighted by Crippen LogP contribution is -2.30. The summed E-state index contributed by atoms with van der Waals surface area (Å²) in [5.74, 6) is -0.999. The number of carbonyl (C=O) groups is 1. The molecule has 1 aromatic heterocycles. The van der Waals surface area contributed by atoms with E-state index in [0.29, 0.717) is 15.8 Å². The summed E-state index contributed by atoms with van der Waals surface area (Å²) in [5.41, 5.74) is 1.03. The van der Waals surface area contributed by atoms with Gasteiger partial charge in [0.25, 0.3) is 5.91 Å². The van der Waals surface area contributed by atoms with Crippen LogP contribution in [0.5, 0.6) is 0 Å². The average Bonchev–Trinajstić information content (AvgIpc) is 2.64. The number of aliphatic hydroxyl groups excluding tert-OH is 1. The van der Waals surface area contributed by atoms with Crippen LogP contribution >= 0.6 is 12.2 Å². The van der Waals surface area contributed by atoms with Crippen LogP contribution < -0.4 is 5.32 Å². The van der Waals surface area contributed by atoms with Gasteiger partial charge in [-0.25, -0.2) is 4.39 Å². The number of aromatic amines is 2. The lowest BCUT2D eigenvalue weighted by atomic mass is 10.1. The summed E-state index contributed by atoms with van der Waals surface area (Å²) >= 11 is 4.90. The van der Waals surface area contributed by atoms with Gasteiger partial charge in [0.2, 0.25) is 0 Å². The molecule has 2 rings (SSSR count). The van der Waals surface area contributed by atoms with Gasteiger partial charge in [0.15, 0.2) is 4.77 Å². The highest BCUT2D eigenvalue weighted by Crippen LogP contribution is 2.17. The fraction of sp³-hybridized carbons (Fsp3) is 0.273. The monoisotopic (exact) mass is 269 g/mol. The number of benzene rings is 1. The third-order valence-electron chi connectivity index (χ3n) is 2.39.